The first-order valence-electron chi connectivity index (χ1n) is 9.07. The monoisotopic (exact) mass is 463 g/mol. The SMILES string of the molecule is Cc1cc(CCC#N)cc(Br)c1Nc1nc(Nc2ccc(C#N)cc2)c(=O)n(C)n1. The standard InChI is InChI=1S/C21H18BrN7O/c1-13-10-15(4-3-9-23)11-17(22)18(13)26-21-27-19(20(30)29(2)28-21)25-16-7-5-14(12-24)6-8-16/h5-8,10-11H,3-4H2,1-2H3,(H2,25,26,27,28). The number of anilines is 4. The molecule has 3 rings (SSSR count). The number of rotatable bonds is 6. The van der Waals surface area contributed by atoms with Gasteiger partial charge in [0.1, 0.15) is 0 Å². The van der Waals surface area contributed by atoms with E-state index < -0.39 is 0 Å². The van der Waals surface area contributed by atoms with Gasteiger partial charge in [0.05, 0.1) is 23.4 Å². The van der Waals surface area contributed by atoms with Crippen LogP contribution >= 0.6 is 15.9 Å². The molecule has 0 bridgehead atoms. The van der Waals surface area contributed by atoms with Gasteiger partial charge in [0, 0.05) is 23.6 Å². The second kappa shape index (κ2) is 9.21. The van der Waals surface area contributed by atoms with Crippen molar-refractivity contribution in [1.29, 1.82) is 10.5 Å². The topological polar surface area (TPSA) is 119 Å². The summed E-state index contributed by atoms with van der Waals surface area (Å²) in [5, 5.41) is 28.0. The van der Waals surface area contributed by atoms with Gasteiger partial charge in [-0.2, -0.15) is 15.5 Å². The fraction of sp³-hybridized carbons (Fsp3) is 0.190. The van der Waals surface area contributed by atoms with Gasteiger partial charge in [-0.05, 0) is 70.7 Å². The second-order valence-corrected chi connectivity index (χ2v) is 7.43. The van der Waals surface area contributed by atoms with E-state index in [-0.39, 0.29) is 17.3 Å². The lowest BCUT2D eigenvalue weighted by Gasteiger charge is -2.14. The van der Waals surface area contributed by atoms with Crippen LogP contribution in [0.15, 0.2) is 45.7 Å². The Bertz CT molecular complexity index is 1200. The fourth-order valence-electron chi connectivity index (χ4n) is 2.85. The van der Waals surface area contributed by atoms with Gasteiger partial charge in [0.2, 0.25) is 11.8 Å². The fourth-order valence-corrected chi connectivity index (χ4v) is 3.55. The van der Waals surface area contributed by atoms with Gasteiger partial charge >= 0.3 is 5.56 Å². The predicted octanol–water partition coefficient (Wildman–Crippen LogP) is 4.06. The summed E-state index contributed by atoms with van der Waals surface area (Å²) < 4.78 is 2.01. The maximum absolute atomic E-state index is 12.4. The highest BCUT2D eigenvalue weighted by atomic mass is 79.9. The van der Waals surface area contributed by atoms with Crippen molar-refractivity contribution in [2.75, 3.05) is 10.6 Å². The van der Waals surface area contributed by atoms with Crippen molar-refractivity contribution in [3.8, 4) is 12.1 Å². The number of aryl methyl sites for hydroxylation is 3. The van der Waals surface area contributed by atoms with Crippen LogP contribution < -0.4 is 16.2 Å². The highest BCUT2D eigenvalue weighted by molar-refractivity contribution is 9.10. The molecular formula is C21H18BrN7O. The zero-order valence-corrected chi connectivity index (χ0v) is 18.0. The minimum Gasteiger partial charge on any atom is -0.335 e. The van der Waals surface area contributed by atoms with E-state index in [4.69, 9.17) is 10.5 Å². The summed E-state index contributed by atoms with van der Waals surface area (Å²) in [6.07, 6.45) is 1.12. The van der Waals surface area contributed by atoms with Crippen LogP contribution in [-0.2, 0) is 13.5 Å². The Hall–Kier alpha value is -3.69. The Morgan fingerprint density at radius 3 is 2.53 bits per heavy atom. The summed E-state index contributed by atoms with van der Waals surface area (Å²) in [4.78, 5) is 16.8. The Kier molecular flexibility index (Phi) is 6.45. The second-order valence-electron chi connectivity index (χ2n) is 6.58. The van der Waals surface area contributed by atoms with Crippen LogP contribution in [-0.4, -0.2) is 14.8 Å². The average Bonchev–Trinajstić information content (AvgIpc) is 2.73. The van der Waals surface area contributed by atoms with Crippen LogP contribution in [0.25, 0.3) is 0 Å². The molecule has 2 N–H and O–H groups in total. The highest BCUT2D eigenvalue weighted by Gasteiger charge is 2.12. The van der Waals surface area contributed by atoms with E-state index in [0.717, 1.165) is 21.3 Å². The Balaban J connectivity index is 1.89. The molecule has 1 heterocycles. The van der Waals surface area contributed by atoms with Crippen molar-refractivity contribution in [1.82, 2.24) is 14.8 Å². The summed E-state index contributed by atoms with van der Waals surface area (Å²) in [5.74, 6) is 0.362. The lowest BCUT2D eigenvalue weighted by atomic mass is 10.1. The molecule has 0 aliphatic carbocycles. The molecule has 0 aliphatic heterocycles. The summed E-state index contributed by atoms with van der Waals surface area (Å²) in [5.41, 5.74) is 3.56. The zero-order valence-electron chi connectivity index (χ0n) is 16.4. The maximum atomic E-state index is 12.4. The molecule has 9 heteroatoms. The molecule has 0 amide bonds. The maximum Gasteiger partial charge on any atom is 0.309 e. The third-order valence-electron chi connectivity index (χ3n) is 4.35. The molecule has 0 saturated carbocycles. The van der Waals surface area contributed by atoms with Crippen LogP contribution in [0.5, 0.6) is 0 Å². The normalized spacial score (nSPS) is 10.2. The number of nitriles is 2. The first kappa shape index (κ1) is 21.0. The van der Waals surface area contributed by atoms with Crippen LogP contribution in [0.2, 0.25) is 0 Å². The molecule has 0 atom stereocenters. The zero-order chi connectivity index (χ0) is 21.7. The van der Waals surface area contributed by atoms with Crippen molar-refractivity contribution >= 4 is 39.1 Å². The summed E-state index contributed by atoms with van der Waals surface area (Å²) in [7, 11) is 1.55. The number of nitrogens with one attached hydrogen (secondary N) is 2. The van der Waals surface area contributed by atoms with E-state index >= 15 is 0 Å². The average molecular weight is 464 g/mol. The molecule has 0 fully saturated rings. The van der Waals surface area contributed by atoms with Crippen molar-refractivity contribution in [2.45, 2.75) is 19.8 Å². The smallest absolute Gasteiger partial charge is 0.309 e. The van der Waals surface area contributed by atoms with E-state index in [2.05, 4.69) is 48.8 Å². The van der Waals surface area contributed by atoms with E-state index in [1.165, 1.54) is 4.68 Å². The van der Waals surface area contributed by atoms with Gasteiger partial charge in [-0.15, -0.1) is 5.10 Å². The lowest BCUT2D eigenvalue weighted by Crippen LogP contribution is -2.25. The molecular weight excluding hydrogens is 446 g/mol. The number of benzene rings is 2. The Labute approximate surface area is 181 Å². The summed E-state index contributed by atoms with van der Waals surface area (Å²) >= 11 is 3.55. The van der Waals surface area contributed by atoms with E-state index in [1.54, 1.807) is 31.3 Å². The summed E-state index contributed by atoms with van der Waals surface area (Å²) in [6, 6.07) is 14.9. The molecule has 150 valence electrons. The predicted molar refractivity (Wildman–Crippen MR) is 118 cm³/mol. The molecule has 3 aromatic rings. The van der Waals surface area contributed by atoms with Gasteiger partial charge in [-0.3, -0.25) is 4.79 Å². The van der Waals surface area contributed by atoms with Crippen molar-refractivity contribution < 1.29 is 0 Å². The van der Waals surface area contributed by atoms with Gasteiger partial charge in [0.15, 0.2) is 0 Å². The number of halogens is 1. The number of nitrogens with zero attached hydrogens (tertiary/aromatic N) is 5. The van der Waals surface area contributed by atoms with Crippen molar-refractivity contribution in [3.05, 3.63) is 67.9 Å². The van der Waals surface area contributed by atoms with Crippen LogP contribution in [0.4, 0.5) is 23.1 Å². The van der Waals surface area contributed by atoms with Crippen LogP contribution in [0, 0.1) is 29.6 Å². The van der Waals surface area contributed by atoms with Gasteiger partial charge < -0.3 is 10.6 Å². The number of aromatic nitrogens is 3. The van der Waals surface area contributed by atoms with E-state index in [0.29, 0.717) is 24.1 Å². The molecule has 0 aliphatic rings. The first-order chi connectivity index (χ1) is 14.4. The highest BCUT2D eigenvalue weighted by Crippen LogP contribution is 2.30. The van der Waals surface area contributed by atoms with E-state index in [1.807, 2.05) is 19.1 Å². The minimum atomic E-state index is -0.382. The lowest BCUT2D eigenvalue weighted by molar-refractivity contribution is 0.699. The van der Waals surface area contributed by atoms with Crippen LogP contribution in [0.1, 0.15) is 23.1 Å². The minimum absolute atomic E-state index is 0.110. The van der Waals surface area contributed by atoms with Crippen LogP contribution in [0.3, 0.4) is 0 Å². The molecule has 2 aromatic carbocycles. The Morgan fingerprint density at radius 2 is 1.90 bits per heavy atom. The molecule has 0 unspecified atom stereocenters. The van der Waals surface area contributed by atoms with Gasteiger partial charge in [-0.1, -0.05) is 6.07 Å². The van der Waals surface area contributed by atoms with E-state index in [9.17, 15) is 4.79 Å². The number of hydrogen-bond acceptors (Lipinski definition) is 7. The quantitative estimate of drug-likeness (QED) is 0.565. The third-order valence-corrected chi connectivity index (χ3v) is 4.97. The third kappa shape index (κ3) is 4.83. The summed E-state index contributed by atoms with van der Waals surface area (Å²) in [6.45, 7) is 1.95. The largest absolute Gasteiger partial charge is 0.335 e. The molecule has 0 saturated heterocycles. The van der Waals surface area contributed by atoms with Gasteiger partial charge in [0.25, 0.3) is 0 Å². The Morgan fingerprint density at radius 1 is 1.17 bits per heavy atom. The van der Waals surface area contributed by atoms with Crippen molar-refractivity contribution in [2.24, 2.45) is 7.05 Å². The molecule has 30 heavy (non-hydrogen) atoms. The van der Waals surface area contributed by atoms with Crippen molar-refractivity contribution in [3.63, 3.8) is 0 Å². The van der Waals surface area contributed by atoms with Gasteiger partial charge in [-0.25, -0.2) is 4.68 Å². The molecule has 0 radical (unpaired) electrons. The molecule has 1 aromatic heterocycles. The molecule has 8 nitrogen and oxygen atoms in total. The molecule has 0 spiro atoms. The number of hydrogen-bond donors (Lipinski definition) is 2. The first-order valence-corrected chi connectivity index (χ1v) is 9.86.